The highest BCUT2D eigenvalue weighted by Crippen LogP contribution is 2.21. The summed E-state index contributed by atoms with van der Waals surface area (Å²) in [5, 5.41) is 0.132. The van der Waals surface area contributed by atoms with E-state index in [1.807, 2.05) is 0 Å². The molecular weight excluding hydrogens is 240 g/mol. The van der Waals surface area contributed by atoms with E-state index in [-0.39, 0.29) is 5.03 Å². The maximum absolute atomic E-state index is 12.3. The van der Waals surface area contributed by atoms with Gasteiger partial charge in [-0.05, 0) is 19.8 Å². The second-order valence-corrected chi connectivity index (χ2v) is 6.22. The molecule has 7 heteroatoms. The van der Waals surface area contributed by atoms with Crippen LogP contribution < -0.4 is 5.73 Å². The maximum atomic E-state index is 12.3. The lowest BCUT2D eigenvalue weighted by Gasteiger charge is -2.24. The topological polar surface area (TPSA) is 92.1 Å². The second-order valence-electron chi connectivity index (χ2n) is 4.37. The number of imidazole rings is 1. The van der Waals surface area contributed by atoms with Crippen molar-refractivity contribution in [2.24, 2.45) is 5.73 Å². The normalized spacial score (nSPS) is 23.5. The van der Waals surface area contributed by atoms with E-state index >= 15 is 0 Å². The third-order valence-electron chi connectivity index (χ3n) is 3.01. The van der Waals surface area contributed by atoms with Crippen LogP contribution in [0.2, 0.25) is 0 Å². The number of H-pyrrole nitrogens is 1. The molecule has 96 valence electrons. The van der Waals surface area contributed by atoms with Crippen LogP contribution in [0, 0.1) is 6.92 Å². The Kier molecular flexibility index (Phi) is 3.50. The summed E-state index contributed by atoms with van der Waals surface area (Å²) in [5.74, 6) is 0.590. The van der Waals surface area contributed by atoms with Crippen LogP contribution in [-0.4, -0.2) is 35.4 Å². The van der Waals surface area contributed by atoms with Gasteiger partial charge in [-0.3, -0.25) is 0 Å². The zero-order chi connectivity index (χ0) is 12.5. The van der Waals surface area contributed by atoms with E-state index in [1.165, 1.54) is 10.5 Å². The molecular formula is C10H18N4O2S. The first-order valence-corrected chi connectivity index (χ1v) is 7.25. The number of aromatic amines is 1. The van der Waals surface area contributed by atoms with Crippen LogP contribution in [0.25, 0.3) is 0 Å². The molecule has 1 unspecified atom stereocenters. The van der Waals surface area contributed by atoms with Gasteiger partial charge in [-0.1, -0.05) is 12.8 Å². The van der Waals surface area contributed by atoms with Gasteiger partial charge in [0.2, 0.25) is 0 Å². The molecule has 0 radical (unpaired) electrons. The molecule has 1 aromatic rings. The standard InChI is InChI=1S/C10H18N4O2S/c1-8-12-7-10(13-8)17(15,16)14-6-4-2-3-5-9(14)11/h7,9H,2-6,11H2,1H3,(H,12,13). The Morgan fingerprint density at radius 1 is 1.47 bits per heavy atom. The molecule has 0 aromatic carbocycles. The first-order valence-electron chi connectivity index (χ1n) is 5.81. The molecule has 0 aliphatic carbocycles. The van der Waals surface area contributed by atoms with Crippen LogP contribution in [0.15, 0.2) is 11.2 Å². The summed E-state index contributed by atoms with van der Waals surface area (Å²) >= 11 is 0. The van der Waals surface area contributed by atoms with E-state index in [1.54, 1.807) is 6.92 Å². The zero-order valence-electron chi connectivity index (χ0n) is 9.89. The number of aromatic nitrogens is 2. The minimum atomic E-state index is -3.52. The number of rotatable bonds is 2. The van der Waals surface area contributed by atoms with Crippen LogP contribution in [0.3, 0.4) is 0 Å². The summed E-state index contributed by atoms with van der Waals surface area (Å²) in [6, 6.07) is 0. The van der Waals surface area contributed by atoms with Crippen molar-refractivity contribution in [3.8, 4) is 0 Å². The maximum Gasteiger partial charge on any atom is 0.261 e. The number of nitrogens with zero attached hydrogens (tertiary/aromatic N) is 2. The van der Waals surface area contributed by atoms with E-state index < -0.39 is 16.2 Å². The predicted molar refractivity (Wildman–Crippen MR) is 63.7 cm³/mol. The fourth-order valence-corrected chi connectivity index (χ4v) is 3.61. The van der Waals surface area contributed by atoms with Crippen LogP contribution in [-0.2, 0) is 10.0 Å². The van der Waals surface area contributed by atoms with Gasteiger partial charge in [-0.15, -0.1) is 0 Å². The van der Waals surface area contributed by atoms with Gasteiger partial charge in [0.05, 0.1) is 12.4 Å². The molecule has 2 heterocycles. The van der Waals surface area contributed by atoms with Crippen molar-refractivity contribution in [1.29, 1.82) is 0 Å². The van der Waals surface area contributed by atoms with Gasteiger partial charge < -0.3 is 10.7 Å². The third kappa shape index (κ3) is 2.51. The summed E-state index contributed by atoms with van der Waals surface area (Å²) in [4.78, 5) is 6.68. The number of aryl methyl sites for hydroxylation is 1. The average Bonchev–Trinajstić information content (AvgIpc) is 2.58. The van der Waals surface area contributed by atoms with Crippen LogP contribution >= 0.6 is 0 Å². The highest BCUT2D eigenvalue weighted by atomic mass is 32.2. The molecule has 1 atom stereocenters. The number of sulfonamides is 1. The molecule has 1 saturated heterocycles. The second kappa shape index (κ2) is 4.75. The van der Waals surface area contributed by atoms with Gasteiger partial charge in [0.15, 0.2) is 5.03 Å². The largest absolute Gasteiger partial charge is 0.332 e. The number of hydrogen-bond donors (Lipinski definition) is 2. The fraction of sp³-hybridized carbons (Fsp3) is 0.700. The van der Waals surface area contributed by atoms with Gasteiger partial charge in [0.1, 0.15) is 5.82 Å². The van der Waals surface area contributed by atoms with Crippen molar-refractivity contribution in [3.63, 3.8) is 0 Å². The lowest BCUT2D eigenvalue weighted by Crippen LogP contribution is -2.45. The van der Waals surface area contributed by atoms with E-state index in [2.05, 4.69) is 9.97 Å². The first kappa shape index (κ1) is 12.5. The van der Waals surface area contributed by atoms with Crippen molar-refractivity contribution in [3.05, 3.63) is 12.0 Å². The van der Waals surface area contributed by atoms with Crippen LogP contribution in [0.1, 0.15) is 31.5 Å². The van der Waals surface area contributed by atoms with Gasteiger partial charge in [0, 0.05) is 6.54 Å². The Bertz CT molecular complexity index is 482. The smallest absolute Gasteiger partial charge is 0.261 e. The highest BCUT2D eigenvalue weighted by molar-refractivity contribution is 7.89. The van der Waals surface area contributed by atoms with Crippen molar-refractivity contribution in [2.75, 3.05) is 6.54 Å². The van der Waals surface area contributed by atoms with Gasteiger partial charge in [-0.25, -0.2) is 13.4 Å². The van der Waals surface area contributed by atoms with Crippen molar-refractivity contribution < 1.29 is 8.42 Å². The number of nitrogens with one attached hydrogen (secondary N) is 1. The summed E-state index contributed by atoms with van der Waals surface area (Å²) in [6.07, 6.45) is 4.51. The quantitative estimate of drug-likeness (QED) is 0.811. The zero-order valence-corrected chi connectivity index (χ0v) is 10.7. The third-order valence-corrected chi connectivity index (χ3v) is 4.85. The molecule has 0 amide bonds. The van der Waals surface area contributed by atoms with Crippen molar-refractivity contribution >= 4 is 10.0 Å². The fourth-order valence-electron chi connectivity index (χ4n) is 2.06. The Labute approximate surface area is 101 Å². The molecule has 0 bridgehead atoms. The molecule has 17 heavy (non-hydrogen) atoms. The van der Waals surface area contributed by atoms with E-state index in [0.717, 1.165) is 19.3 Å². The first-order chi connectivity index (χ1) is 8.01. The molecule has 1 fully saturated rings. The van der Waals surface area contributed by atoms with Crippen molar-refractivity contribution in [1.82, 2.24) is 14.3 Å². The Hall–Kier alpha value is -0.920. The van der Waals surface area contributed by atoms with Crippen LogP contribution in [0.5, 0.6) is 0 Å². The Balaban J connectivity index is 2.30. The summed E-state index contributed by atoms with van der Waals surface area (Å²) in [7, 11) is -3.52. The molecule has 0 saturated carbocycles. The lowest BCUT2D eigenvalue weighted by molar-refractivity contribution is 0.328. The molecule has 1 aliphatic rings. The number of nitrogens with two attached hydrogens (primary N) is 1. The molecule has 1 aromatic heterocycles. The predicted octanol–water partition coefficient (Wildman–Crippen LogP) is 0.568. The number of hydrogen-bond acceptors (Lipinski definition) is 4. The molecule has 2 rings (SSSR count). The minimum absolute atomic E-state index is 0.132. The van der Waals surface area contributed by atoms with E-state index in [0.29, 0.717) is 18.8 Å². The molecule has 1 aliphatic heterocycles. The average molecular weight is 258 g/mol. The molecule has 0 spiro atoms. The molecule has 6 nitrogen and oxygen atoms in total. The van der Waals surface area contributed by atoms with Crippen LogP contribution in [0.4, 0.5) is 0 Å². The van der Waals surface area contributed by atoms with Gasteiger partial charge in [-0.2, -0.15) is 4.31 Å². The van der Waals surface area contributed by atoms with E-state index in [4.69, 9.17) is 5.73 Å². The van der Waals surface area contributed by atoms with E-state index in [9.17, 15) is 8.42 Å². The van der Waals surface area contributed by atoms with Gasteiger partial charge >= 0.3 is 0 Å². The Morgan fingerprint density at radius 3 is 2.88 bits per heavy atom. The molecule has 3 N–H and O–H groups in total. The Morgan fingerprint density at radius 2 is 2.24 bits per heavy atom. The summed E-state index contributed by atoms with van der Waals surface area (Å²) < 4.78 is 26.1. The highest BCUT2D eigenvalue weighted by Gasteiger charge is 2.31. The lowest BCUT2D eigenvalue weighted by atomic mass is 10.2. The minimum Gasteiger partial charge on any atom is -0.332 e. The van der Waals surface area contributed by atoms with Gasteiger partial charge in [0.25, 0.3) is 10.0 Å². The SMILES string of the molecule is Cc1ncc(S(=O)(=O)N2CCCCCC2N)[nH]1. The summed E-state index contributed by atoms with van der Waals surface area (Å²) in [5.41, 5.74) is 5.92. The summed E-state index contributed by atoms with van der Waals surface area (Å²) in [6.45, 7) is 2.21. The monoisotopic (exact) mass is 258 g/mol. The van der Waals surface area contributed by atoms with Crippen molar-refractivity contribution in [2.45, 2.75) is 43.8 Å².